The summed E-state index contributed by atoms with van der Waals surface area (Å²) in [6.45, 7) is 3.01. The van der Waals surface area contributed by atoms with Crippen molar-refractivity contribution < 1.29 is 14.3 Å². The Kier molecular flexibility index (Phi) is 7.14. The normalized spacial score (nSPS) is 10.6. The van der Waals surface area contributed by atoms with Gasteiger partial charge in [-0.25, -0.2) is 4.68 Å². The summed E-state index contributed by atoms with van der Waals surface area (Å²) in [6, 6.07) is 13.1. The van der Waals surface area contributed by atoms with Gasteiger partial charge in [-0.3, -0.25) is 4.79 Å². The zero-order valence-electron chi connectivity index (χ0n) is 16.5. The van der Waals surface area contributed by atoms with Crippen molar-refractivity contribution in [2.45, 2.75) is 19.8 Å². The lowest BCUT2D eigenvalue weighted by Gasteiger charge is -2.13. The molecule has 2 aromatic carbocycles. The smallest absolute Gasteiger partial charge is 0.251 e. The molecule has 0 fully saturated rings. The molecular weight excluding hydrogens is 390 g/mol. The minimum absolute atomic E-state index is 0.220. The minimum atomic E-state index is -0.220. The first kappa shape index (κ1) is 20.7. The number of rotatable bonds is 9. The molecule has 1 aromatic heterocycles. The van der Waals surface area contributed by atoms with Crippen LogP contribution in [0, 0.1) is 0 Å². The highest BCUT2D eigenvalue weighted by Crippen LogP contribution is 2.36. The molecule has 0 bridgehead atoms. The van der Waals surface area contributed by atoms with Gasteiger partial charge >= 0.3 is 0 Å². The Labute approximate surface area is 175 Å². The highest BCUT2D eigenvalue weighted by atomic mass is 35.5. The maximum atomic E-state index is 12.5. The number of aromatic nitrogens is 2. The van der Waals surface area contributed by atoms with Gasteiger partial charge in [0.15, 0.2) is 11.5 Å². The molecule has 29 heavy (non-hydrogen) atoms. The van der Waals surface area contributed by atoms with Gasteiger partial charge in [0.05, 0.1) is 30.6 Å². The van der Waals surface area contributed by atoms with Crippen LogP contribution in [0.1, 0.15) is 29.3 Å². The van der Waals surface area contributed by atoms with E-state index in [0.717, 1.165) is 17.7 Å². The van der Waals surface area contributed by atoms with Gasteiger partial charge in [-0.05, 0) is 42.7 Å². The molecular formula is C22H24ClN3O3. The summed E-state index contributed by atoms with van der Waals surface area (Å²) in [7, 11) is 1.52. The standard InChI is InChI=1S/C22H24ClN3O3/c1-3-11-29-21-19(23)12-17(13-20(21)28-2)22(27)24-10-9-16-14-25-26(15-16)18-7-5-4-6-8-18/h4-8,12-15H,3,9-11H2,1-2H3,(H,24,27). The van der Waals surface area contributed by atoms with Crippen molar-refractivity contribution in [3.05, 3.63) is 71.0 Å². The van der Waals surface area contributed by atoms with Crippen LogP contribution < -0.4 is 14.8 Å². The molecule has 0 aliphatic heterocycles. The molecule has 1 N–H and O–H groups in total. The third-order valence-electron chi connectivity index (χ3n) is 4.30. The molecule has 0 saturated carbocycles. The Balaban J connectivity index is 1.60. The maximum Gasteiger partial charge on any atom is 0.251 e. The second kappa shape index (κ2) is 9.98. The van der Waals surface area contributed by atoms with Crippen LogP contribution in [-0.2, 0) is 6.42 Å². The van der Waals surface area contributed by atoms with Crippen molar-refractivity contribution in [2.75, 3.05) is 20.3 Å². The van der Waals surface area contributed by atoms with Gasteiger partial charge in [0.2, 0.25) is 0 Å². The van der Waals surface area contributed by atoms with Crippen molar-refractivity contribution in [1.82, 2.24) is 15.1 Å². The van der Waals surface area contributed by atoms with E-state index in [2.05, 4.69) is 10.4 Å². The number of nitrogens with zero attached hydrogens (tertiary/aromatic N) is 2. The summed E-state index contributed by atoms with van der Waals surface area (Å²) < 4.78 is 12.8. The van der Waals surface area contributed by atoms with E-state index in [0.29, 0.717) is 41.7 Å². The van der Waals surface area contributed by atoms with Crippen LogP contribution in [0.2, 0.25) is 5.02 Å². The number of ether oxygens (including phenoxy) is 2. The molecule has 3 aromatic rings. The number of carbonyl (C=O) groups excluding carboxylic acids is 1. The molecule has 6 nitrogen and oxygen atoms in total. The lowest BCUT2D eigenvalue weighted by atomic mass is 10.1. The number of para-hydroxylation sites is 1. The van der Waals surface area contributed by atoms with E-state index in [1.54, 1.807) is 18.3 Å². The third kappa shape index (κ3) is 5.29. The minimum Gasteiger partial charge on any atom is -0.493 e. The van der Waals surface area contributed by atoms with Crippen molar-refractivity contribution in [1.29, 1.82) is 0 Å². The molecule has 152 valence electrons. The number of nitrogens with one attached hydrogen (secondary N) is 1. The Morgan fingerprint density at radius 3 is 2.76 bits per heavy atom. The summed E-state index contributed by atoms with van der Waals surface area (Å²) in [5, 5.41) is 7.63. The van der Waals surface area contributed by atoms with Crippen LogP contribution >= 0.6 is 11.6 Å². The SMILES string of the molecule is CCCOc1c(Cl)cc(C(=O)NCCc2cnn(-c3ccccc3)c2)cc1OC. The molecule has 0 spiro atoms. The topological polar surface area (TPSA) is 65.4 Å². The first-order chi connectivity index (χ1) is 14.1. The van der Waals surface area contributed by atoms with Gasteiger partial charge in [0, 0.05) is 18.3 Å². The number of halogens is 1. The summed E-state index contributed by atoms with van der Waals surface area (Å²) in [5.74, 6) is 0.684. The Hall–Kier alpha value is -2.99. The summed E-state index contributed by atoms with van der Waals surface area (Å²) in [5.41, 5.74) is 2.46. The lowest BCUT2D eigenvalue weighted by molar-refractivity contribution is 0.0953. The van der Waals surface area contributed by atoms with Crippen molar-refractivity contribution in [3.63, 3.8) is 0 Å². The van der Waals surface area contributed by atoms with E-state index in [1.807, 2.05) is 48.1 Å². The molecule has 1 heterocycles. The quantitative estimate of drug-likeness (QED) is 0.568. The maximum absolute atomic E-state index is 12.5. The zero-order chi connectivity index (χ0) is 20.6. The predicted octanol–water partition coefficient (Wildman–Crippen LogP) is 4.30. The van der Waals surface area contributed by atoms with E-state index in [-0.39, 0.29) is 5.91 Å². The van der Waals surface area contributed by atoms with Crippen molar-refractivity contribution in [2.24, 2.45) is 0 Å². The molecule has 0 aliphatic carbocycles. The van der Waals surface area contributed by atoms with Gasteiger partial charge in [0.1, 0.15) is 0 Å². The summed E-state index contributed by atoms with van der Waals surface area (Å²) >= 11 is 6.29. The van der Waals surface area contributed by atoms with Crippen LogP contribution in [0.3, 0.4) is 0 Å². The van der Waals surface area contributed by atoms with Crippen LogP contribution in [0.25, 0.3) is 5.69 Å². The largest absolute Gasteiger partial charge is 0.493 e. The van der Waals surface area contributed by atoms with Crippen LogP contribution in [0.15, 0.2) is 54.9 Å². The molecule has 7 heteroatoms. The fraction of sp³-hybridized carbons (Fsp3) is 0.273. The van der Waals surface area contributed by atoms with Crippen molar-refractivity contribution >= 4 is 17.5 Å². The van der Waals surface area contributed by atoms with Gasteiger partial charge < -0.3 is 14.8 Å². The molecule has 0 radical (unpaired) electrons. The molecule has 1 amide bonds. The van der Waals surface area contributed by atoms with Gasteiger partial charge in [-0.2, -0.15) is 5.10 Å². The summed E-state index contributed by atoms with van der Waals surface area (Å²) in [4.78, 5) is 12.5. The van der Waals surface area contributed by atoms with Crippen LogP contribution in [0.4, 0.5) is 0 Å². The van der Waals surface area contributed by atoms with E-state index in [4.69, 9.17) is 21.1 Å². The first-order valence-corrected chi connectivity index (χ1v) is 9.87. The van der Waals surface area contributed by atoms with Crippen LogP contribution in [-0.4, -0.2) is 35.9 Å². The number of carbonyl (C=O) groups is 1. The number of methoxy groups -OCH3 is 1. The fourth-order valence-corrected chi connectivity index (χ4v) is 3.09. The zero-order valence-corrected chi connectivity index (χ0v) is 17.3. The Morgan fingerprint density at radius 2 is 2.03 bits per heavy atom. The molecule has 0 saturated heterocycles. The lowest BCUT2D eigenvalue weighted by Crippen LogP contribution is -2.25. The molecule has 0 aliphatic rings. The van der Waals surface area contributed by atoms with E-state index in [1.165, 1.54) is 7.11 Å². The molecule has 0 atom stereocenters. The monoisotopic (exact) mass is 413 g/mol. The predicted molar refractivity (Wildman–Crippen MR) is 113 cm³/mol. The average Bonchev–Trinajstić information content (AvgIpc) is 3.22. The number of benzene rings is 2. The Bertz CT molecular complexity index is 957. The van der Waals surface area contributed by atoms with Gasteiger partial charge in [-0.15, -0.1) is 0 Å². The fourth-order valence-electron chi connectivity index (χ4n) is 2.83. The van der Waals surface area contributed by atoms with Crippen LogP contribution in [0.5, 0.6) is 11.5 Å². The second-order valence-electron chi connectivity index (χ2n) is 6.47. The van der Waals surface area contributed by atoms with Gasteiger partial charge in [0.25, 0.3) is 5.91 Å². The molecule has 0 unspecified atom stereocenters. The first-order valence-electron chi connectivity index (χ1n) is 9.50. The third-order valence-corrected chi connectivity index (χ3v) is 4.58. The molecule has 3 rings (SSSR count). The average molecular weight is 414 g/mol. The van der Waals surface area contributed by atoms with E-state index >= 15 is 0 Å². The highest BCUT2D eigenvalue weighted by molar-refractivity contribution is 6.32. The number of amides is 1. The van der Waals surface area contributed by atoms with Gasteiger partial charge in [-0.1, -0.05) is 36.7 Å². The van der Waals surface area contributed by atoms with Crippen molar-refractivity contribution in [3.8, 4) is 17.2 Å². The highest BCUT2D eigenvalue weighted by Gasteiger charge is 2.15. The summed E-state index contributed by atoms with van der Waals surface area (Å²) in [6.07, 6.45) is 5.28. The Morgan fingerprint density at radius 1 is 1.24 bits per heavy atom. The number of hydrogen-bond acceptors (Lipinski definition) is 4. The van der Waals surface area contributed by atoms with E-state index in [9.17, 15) is 4.79 Å². The number of hydrogen-bond donors (Lipinski definition) is 1. The second-order valence-corrected chi connectivity index (χ2v) is 6.88. The van der Waals surface area contributed by atoms with E-state index < -0.39 is 0 Å².